The van der Waals surface area contributed by atoms with E-state index in [1.54, 1.807) is 0 Å². The van der Waals surface area contributed by atoms with Crippen LogP contribution in [0.4, 0.5) is 0 Å². The summed E-state index contributed by atoms with van der Waals surface area (Å²) in [5.41, 5.74) is 11.3. The molecule has 266 valence electrons. The van der Waals surface area contributed by atoms with Crippen LogP contribution in [0.3, 0.4) is 0 Å². The van der Waals surface area contributed by atoms with E-state index >= 15 is 0 Å². The van der Waals surface area contributed by atoms with Gasteiger partial charge in [0, 0.05) is 38.1 Å². The molecule has 12 aromatic rings. The van der Waals surface area contributed by atoms with Gasteiger partial charge >= 0.3 is 0 Å². The molecule has 0 fully saturated rings. The van der Waals surface area contributed by atoms with Gasteiger partial charge in [0.1, 0.15) is 22.3 Å². The van der Waals surface area contributed by atoms with Crippen LogP contribution in [-0.2, 0) is 0 Å². The van der Waals surface area contributed by atoms with Crippen LogP contribution in [0.1, 0.15) is 0 Å². The Morgan fingerprint density at radius 3 is 1.61 bits per heavy atom. The van der Waals surface area contributed by atoms with Crippen LogP contribution < -0.4 is 0 Å². The van der Waals surface area contributed by atoms with Crippen LogP contribution in [0.15, 0.2) is 191 Å². The van der Waals surface area contributed by atoms with Gasteiger partial charge in [0.05, 0.1) is 27.7 Å². The highest BCUT2D eigenvalue weighted by Crippen LogP contribution is 2.43. The third kappa shape index (κ3) is 4.87. The molecule has 0 aliphatic carbocycles. The number of hydrogen-bond donors (Lipinski definition) is 0. The Bertz CT molecular complexity index is 3410. The van der Waals surface area contributed by atoms with Crippen molar-refractivity contribution in [3.63, 3.8) is 0 Å². The Labute approximate surface area is 325 Å². The highest BCUT2D eigenvalue weighted by atomic mass is 16.3. The van der Waals surface area contributed by atoms with Crippen LogP contribution in [0.2, 0.25) is 0 Å². The zero-order chi connectivity index (χ0) is 37.5. The van der Waals surface area contributed by atoms with Crippen molar-refractivity contribution in [3.8, 4) is 51.0 Å². The molecule has 0 radical (unpaired) electrons. The SMILES string of the molecule is c1ccc(-c2nc(-c3ccccc3)nc(-c3cccc4c3oc3cccc(-c5ccc6c(c5)oc5cccc(-n7c8ccccc8c8ccccc87)c56)c34)n2)cc1. The minimum atomic E-state index is 0.552. The molecule has 0 bridgehead atoms. The number of para-hydroxylation sites is 3. The van der Waals surface area contributed by atoms with Crippen molar-refractivity contribution in [1.82, 2.24) is 19.5 Å². The van der Waals surface area contributed by atoms with Gasteiger partial charge in [0.25, 0.3) is 0 Å². The van der Waals surface area contributed by atoms with E-state index in [4.69, 9.17) is 23.8 Å². The number of nitrogens with zero attached hydrogens (tertiary/aromatic N) is 4. The number of benzene rings is 8. The van der Waals surface area contributed by atoms with E-state index < -0.39 is 0 Å². The molecule has 0 saturated heterocycles. The normalized spacial score (nSPS) is 11.9. The van der Waals surface area contributed by atoms with E-state index in [1.165, 1.54) is 21.8 Å². The second kappa shape index (κ2) is 12.3. The van der Waals surface area contributed by atoms with Crippen molar-refractivity contribution in [2.45, 2.75) is 0 Å². The zero-order valence-electron chi connectivity index (χ0n) is 30.4. The van der Waals surface area contributed by atoms with E-state index in [0.29, 0.717) is 17.5 Å². The van der Waals surface area contributed by atoms with E-state index in [1.807, 2.05) is 78.9 Å². The predicted molar refractivity (Wildman–Crippen MR) is 230 cm³/mol. The monoisotopic (exact) mass is 730 g/mol. The van der Waals surface area contributed by atoms with Gasteiger partial charge in [0.2, 0.25) is 0 Å². The lowest BCUT2D eigenvalue weighted by Gasteiger charge is -2.09. The standard InChI is InChI=1S/C51H30N4O2/c1-3-14-31(15-4-1)49-52-50(32-16-5-2-6-17-32)54-51(53-49)39-22-11-21-38-46-34(20-12-26-43(46)57-48(38)39)33-28-29-37-45(30-33)56-44-27-13-25-42(47(37)44)55-40-23-9-7-18-35(40)36-19-8-10-24-41(36)55/h1-30H. The summed E-state index contributed by atoms with van der Waals surface area (Å²) < 4.78 is 15.8. The molecule has 0 amide bonds. The maximum Gasteiger partial charge on any atom is 0.167 e. The van der Waals surface area contributed by atoms with Gasteiger partial charge in [-0.1, -0.05) is 133 Å². The predicted octanol–water partition coefficient (Wildman–Crippen LogP) is 13.4. The highest BCUT2D eigenvalue weighted by molar-refractivity contribution is 6.17. The van der Waals surface area contributed by atoms with Crippen LogP contribution in [0.25, 0.3) is 117 Å². The Balaban J connectivity index is 1.03. The van der Waals surface area contributed by atoms with Crippen LogP contribution in [0, 0.1) is 0 Å². The molecule has 0 unspecified atom stereocenters. The van der Waals surface area contributed by atoms with Crippen molar-refractivity contribution in [3.05, 3.63) is 182 Å². The first-order chi connectivity index (χ1) is 28.3. The molecular weight excluding hydrogens is 701 g/mol. The van der Waals surface area contributed by atoms with Gasteiger partial charge in [-0.2, -0.15) is 0 Å². The molecule has 0 N–H and O–H groups in total. The molecule has 12 rings (SSSR count). The fraction of sp³-hybridized carbons (Fsp3) is 0. The molecular formula is C51H30N4O2. The van der Waals surface area contributed by atoms with E-state index in [-0.39, 0.29) is 0 Å². The maximum absolute atomic E-state index is 6.73. The van der Waals surface area contributed by atoms with E-state index in [2.05, 4.69) is 108 Å². The molecule has 57 heavy (non-hydrogen) atoms. The minimum Gasteiger partial charge on any atom is -0.456 e. The third-order valence-electron chi connectivity index (χ3n) is 11.1. The Morgan fingerprint density at radius 2 is 0.912 bits per heavy atom. The van der Waals surface area contributed by atoms with Crippen molar-refractivity contribution in [1.29, 1.82) is 0 Å². The lowest BCUT2D eigenvalue weighted by molar-refractivity contribution is 0.668. The van der Waals surface area contributed by atoms with Gasteiger partial charge in [0.15, 0.2) is 17.5 Å². The summed E-state index contributed by atoms with van der Waals surface area (Å²) in [5.74, 6) is 1.76. The van der Waals surface area contributed by atoms with Crippen molar-refractivity contribution in [2.75, 3.05) is 0 Å². The van der Waals surface area contributed by atoms with Gasteiger partial charge in [-0.05, 0) is 59.7 Å². The van der Waals surface area contributed by atoms with Crippen molar-refractivity contribution in [2.24, 2.45) is 0 Å². The first kappa shape index (κ1) is 31.5. The first-order valence-electron chi connectivity index (χ1n) is 19.0. The Kier molecular flexibility index (Phi) is 6.83. The number of rotatable bonds is 5. The van der Waals surface area contributed by atoms with Gasteiger partial charge < -0.3 is 13.4 Å². The molecule has 4 heterocycles. The van der Waals surface area contributed by atoms with Crippen molar-refractivity contribution < 1.29 is 8.83 Å². The molecule has 0 atom stereocenters. The second-order valence-electron chi connectivity index (χ2n) is 14.3. The zero-order valence-corrected chi connectivity index (χ0v) is 30.4. The summed E-state index contributed by atoms with van der Waals surface area (Å²) in [6, 6.07) is 62.6. The van der Waals surface area contributed by atoms with Gasteiger partial charge in [-0.25, -0.2) is 15.0 Å². The summed E-state index contributed by atoms with van der Waals surface area (Å²) in [4.78, 5) is 14.9. The molecule has 4 aromatic heterocycles. The van der Waals surface area contributed by atoms with E-state index in [0.717, 1.165) is 77.4 Å². The molecule has 8 aromatic carbocycles. The molecule has 0 aliphatic rings. The lowest BCUT2D eigenvalue weighted by atomic mass is 9.97. The maximum atomic E-state index is 6.73. The molecule has 6 nitrogen and oxygen atoms in total. The largest absolute Gasteiger partial charge is 0.456 e. The number of furan rings is 2. The summed E-state index contributed by atoms with van der Waals surface area (Å²) in [5, 5.41) is 6.62. The first-order valence-corrected chi connectivity index (χ1v) is 19.0. The summed E-state index contributed by atoms with van der Waals surface area (Å²) >= 11 is 0. The highest BCUT2D eigenvalue weighted by Gasteiger charge is 2.21. The number of aromatic nitrogens is 4. The Morgan fingerprint density at radius 1 is 0.351 bits per heavy atom. The van der Waals surface area contributed by atoms with Gasteiger partial charge in [-0.15, -0.1) is 0 Å². The van der Waals surface area contributed by atoms with Crippen molar-refractivity contribution >= 4 is 65.7 Å². The quantitative estimate of drug-likeness (QED) is 0.176. The number of fused-ring (bicyclic) bond motifs is 9. The fourth-order valence-electron chi connectivity index (χ4n) is 8.54. The smallest absolute Gasteiger partial charge is 0.167 e. The topological polar surface area (TPSA) is 69.9 Å². The third-order valence-corrected chi connectivity index (χ3v) is 11.1. The average molecular weight is 731 g/mol. The second-order valence-corrected chi connectivity index (χ2v) is 14.3. The van der Waals surface area contributed by atoms with Crippen LogP contribution >= 0.6 is 0 Å². The van der Waals surface area contributed by atoms with Crippen LogP contribution in [-0.4, -0.2) is 19.5 Å². The van der Waals surface area contributed by atoms with Gasteiger partial charge in [-0.3, -0.25) is 0 Å². The average Bonchev–Trinajstić information content (AvgIpc) is 3.96. The molecule has 0 aliphatic heterocycles. The lowest BCUT2D eigenvalue weighted by Crippen LogP contribution is -2.00. The number of hydrogen-bond acceptors (Lipinski definition) is 5. The van der Waals surface area contributed by atoms with E-state index in [9.17, 15) is 0 Å². The molecule has 6 heteroatoms. The minimum absolute atomic E-state index is 0.552. The summed E-state index contributed by atoms with van der Waals surface area (Å²) in [6.07, 6.45) is 0. The summed E-state index contributed by atoms with van der Waals surface area (Å²) in [6.45, 7) is 0. The molecule has 0 spiro atoms. The fourth-order valence-corrected chi connectivity index (χ4v) is 8.54. The summed E-state index contributed by atoms with van der Waals surface area (Å²) in [7, 11) is 0. The Hall–Kier alpha value is -7.83. The van der Waals surface area contributed by atoms with Crippen LogP contribution in [0.5, 0.6) is 0 Å². The molecule has 0 saturated carbocycles.